The number of pyridine rings is 1. The Morgan fingerprint density at radius 2 is 1.90 bits per heavy atom. The number of alkyl halides is 3. The molecule has 5 nitrogen and oxygen atoms in total. The highest BCUT2D eigenvalue weighted by atomic mass is 32.2. The van der Waals surface area contributed by atoms with Crippen molar-refractivity contribution in [3.8, 4) is 11.1 Å². The van der Waals surface area contributed by atoms with Gasteiger partial charge in [0.15, 0.2) is 9.84 Å². The van der Waals surface area contributed by atoms with Gasteiger partial charge in [-0.15, -0.1) is 0 Å². The minimum absolute atomic E-state index is 0.00945. The molecule has 0 spiro atoms. The molecule has 2 aromatic rings. The van der Waals surface area contributed by atoms with Crippen molar-refractivity contribution in [3.05, 3.63) is 42.1 Å². The smallest absolute Gasteiger partial charge is 0.396 e. The Bertz CT molecular complexity index is 960. The molecule has 0 amide bonds. The van der Waals surface area contributed by atoms with Gasteiger partial charge in [0.05, 0.1) is 10.5 Å². The second-order valence-electron chi connectivity index (χ2n) is 7.38. The van der Waals surface area contributed by atoms with Gasteiger partial charge in [-0.2, -0.15) is 13.2 Å². The van der Waals surface area contributed by atoms with Crippen LogP contribution in [0.3, 0.4) is 0 Å². The number of aliphatic hydroxyl groups excluding tert-OH is 1. The number of nitrogens with zero attached hydrogens (tertiary/aromatic N) is 2. The van der Waals surface area contributed by atoms with Crippen molar-refractivity contribution in [3.63, 3.8) is 0 Å². The molecule has 1 aromatic carbocycles. The molecule has 1 aliphatic heterocycles. The maximum absolute atomic E-state index is 13.3. The van der Waals surface area contributed by atoms with Crippen molar-refractivity contribution in [1.29, 1.82) is 0 Å². The summed E-state index contributed by atoms with van der Waals surface area (Å²) >= 11 is 0. The molecule has 2 heterocycles. The predicted molar refractivity (Wildman–Crippen MR) is 104 cm³/mol. The van der Waals surface area contributed by atoms with Gasteiger partial charge in [0.2, 0.25) is 0 Å². The fourth-order valence-corrected chi connectivity index (χ4v) is 4.16. The average molecular weight is 428 g/mol. The summed E-state index contributed by atoms with van der Waals surface area (Å²) in [6.07, 6.45) is -0.00803. The van der Waals surface area contributed by atoms with Crippen molar-refractivity contribution in [2.75, 3.05) is 30.9 Å². The van der Waals surface area contributed by atoms with Gasteiger partial charge >= 0.3 is 6.18 Å². The highest BCUT2D eigenvalue weighted by Gasteiger charge is 2.33. The third-order valence-corrected chi connectivity index (χ3v) is 6.24. The number of benzene rings is 1. The predicted octanol–water partition coefficient (Wildman–Crippen LogP) is 3.77. The molecule has 1 fully saturated rings. The molecule has 29 heavy (non-hydrogen) atoms. The molecular weight excluding hydrogens is 405 g/mol. The first-order valence-electron chi connectivity index (χ1n) is 9.33. The van der Waals surface area contributed by atoms with Crippen LogP contribution in [0, 0.1) is 5.92 Å². The molecule has 0 saturated carbocycles. The summed E-state index contributed by atoms with van der Waals surface area (Å²) in [6.45, 7) is 1.14. The number of aliphatic hydroxyl groups is 1. The number of halogens is 3. The van der Waals surface area contributed by atoms with Crippen LogP contribution in [-0.4, -0.2) is 44.5 Å². The van der Waals surface area contributed by atoms with Crippen LogP contribution in [0.5, 0.6) is 0 Å². The standard InChI is InChI=1S/C20H23F3N2O3S/c1-29(27,28)17-7-5-15(6-8-17)18-10-16(20(21,22)23)11-24-19(18)25-9-3-2-4-14(12-25)13-26/h5-8,10-11,14,26H,2-4,9,12-13H2,1H3. The molecule has 1 aliphatic rings. The second-order valence-corrected chi connectivity index (χ2v) is 9.40. The molecule has 0 radical (unpaired) electrons. The zero-order valence-corrected chi connectivity index (χ0v) is 16.8. The lowest BCUT2D eigenvalue weighted by molar-refractivity contribution is -0.137. The van der Waals surface area contributed by atoms with Crippen molar-refractivity contribution < 1.29 is 26.7 Å². The van der Waals surface area contributed by atoms with Gasteiger partial charge in [0, 0.05) is 37.7 Å². The van der Waals surface area contributed by atoms with Crippen LogP contribution in [0.4, 0.5) is 19.0 Å². The molecule has 0 aliphatic carbocycles. The van der Waals surface area contributed by atoms with Crippen molar-refractivity contribution in [2.45, 2.75) is 30.3 Å². The quantitative estimate of drug-likeness (QED) is 0.803. The van der Waals surface area contributed by atoms with Crippen molar-refractivity contribution >= 4 is 15.7 Å². The first-order chi connectivity index (χ1) is 13.6. The van der Waals surface area contributed by atoms with Crippen LogP contribution in [0.15, 0.2) is 41.4 Å². The molecule has 0 bridgehead atoms. The van der Waals surface area contributed by atoms with Crippen LogP contribution in [-0.2, 0) is 16.0 Å². The zero-order valence-electron chi connectivity index (χ0n) is 16.0. The molecule has 3 rings (SSSR count). The Morgan fingerprint density at radius 1 is 1.21 bits per heavy atom. The van der Waals surface area contributed by atoms with E-state index >= 15 is 0 Å². The van der Waals surface area contributed by atoms with Gasteiger partial charge in [0.1, 0.15) is 5.82 Å². The summed E-state index contributed by atoms with van der Waals surface area (Å²) in [7, 11) is -3.41. The van der Waals surface area contributed by atoms with E-state index in [1.54, 1.807) is 0 Å². The summed E-state index contributed by atoms with van der Waals surface area (Å²) < 4.78 is 63.3. The first kappa shape index (κ1) is 21.6. The molecule has 1 saturated heterocycles. The lowest BCUT2D eigenvalue weighted by atomic mass is 10.0. The van der Waals surface area contributed by atoms with E-state index in [0.29, 0.717) is 30.0 Å². The molecule has 1 aromatic heterocycles. The Hall–Kier alpha value is -2.13. The zero-order chi connectivity index (χ0) is 21.2. The third kappa shape index (κ3) is 5.08. The van der Waals surface area contributed by atoms with Crippen LogP contribution < -0.4 is 4.90 Å². The maximum Gasteiger partial charge on any atom is 0.417 e. The van der Waals surface area contributed by atoms with Gasteiger partial charge in [0.25, 0.3) is 0 Å². The lowest BCUT2D eigenvalue weighted by Crippen LogP contribution is -2.31. The number of hydrogen-bond acceptors (Lipinski definition) is 5. The van der Waals surface area contributed by atoms with E-state index in [0.717, 1.165) is 37.8 Å². The Labute approximate surface area is 168 Å². The molecule has 1 atom stereocenters. The van der Waals surface area contributed by atoms with Crippen LogP contribution in [0.2, 0.25) is 0 Å². The highest BCUT2D eigenvalue weighted by molar-refractivity contribution is 7.90. The highest BCUT2D eigenvalue weighted by Crippen LogP contribution is 2.37. The van der Waals surface area contributed by atoms with Gasteiger partial charge in [-0.25, -0.2) is 13.4 Å². The SMILES string of the molecule is CS(=O)(=O)c1ccc(-c2cc(C(F)(F)F)cnc2N2CCCCC(CO)C2)cc1. The van der Waals surface area contributed by atoms with Gasteiger partial charge in [-0.05, 0) is 42.5 Å². The minimum atomic E-state index is -4.54. The van der Waals surface area contributed by atoms with Crippen LogP contribution in [0.25, 0.3) is 11.1 Å². The molecule has 9 heteroatoms. The van der Waals surface area contributed by atoms with Gasteiger partial charge < -0.3 is 10.0 Å². The number of aromatic nitrogens is 1. The molecular formula is C20H23F3N2O3S. The second kappa shape index (κ2) is 8.31. The maximum atomic E-state index is 13.3. The largest absolute Gasteiger partial charge is 0.417 e. The fourth-order valence-electron chi connectivity index (χ4n) is 3.53. The Kier molecular flexibility index (Phi) is 6.19. The van der Waals surface area contributed by atoms with Crippen molar-refractivity contribution in [2.24, 2.45) is 5.92 Å². The van der Waals surface area contributed by atoms with Crippen LogP contribution >= 0.6 is 0 Å². The monoisotopic (exact) mass is 428 g/mol. The topological polar surface area (TPSA) is 70.5 Å². The number of anilines is 1. The first-order valence-corrected chi connectivity index (χ1v) is 11.2. The summed E-state index contributed by atoms with van der Waals surface area (Å²) in [5, 5.41) is 9.57. The fraction of sp³-hybridized carbons (Fsp3) is 0.450. The normalized spacial score (nSPS) is 18.5. The van der Waals surface area contributed by atoms with Crippen molar-refractivity contribution in [1.82, 2.24) is 4.98 Å². The van der Waals surface area contributed by atoms with Gasteiger partial charge in [-0.1, -0.05) is 18.6 Å². The summed E-state index contributed by atoms with van der Waals surface area (Å²) in [4.78, 5) is 6.14. The number of hydrogen-bond donors (Lipinski definition) is 1. The third-order valence-electron chi connectivity index (χ3n) is 5.11. The molecule has 1 N–H and O–H groups in total. The number of sulfone groups is 1. The molecule has 158 valence electrons. The molecule has 1 unspecified atom stereocenters. The van der Waals surface area contributed by atoms with E-state index < -0.39 is 21.6 Å². The Morgan fingerprint density at radius 3 is 2.48 bits per heavy atom. The number of rotatable bonds is 4. The van der Waals surface area contributed by atoms with E-state index in [4.69, 9.17) is 0 Å². The van der Waals surface area contributed by atoms with Crippen LogP contribution in [0.1, 0.15) is 24.8 Å². The minimum Gasteiger partial charge on any atom is -0.396 e. The van der Waals surface area contributed by atoms with Gasteiger partial charge in [-0.3, -0.25) is 0 Å². The van der Waals surface area contributed by atoms with E-state index in [-0.39, 0.29) is 17.4 Å². The summed E-state index contributed by atoms with van der Waals surface area (Å²) in [5.41, 5.74) is -0.119. The van der Waals surface area contributed by atoms with E-state index in [1.807, 2.05) is 4.90 Å². The lowest BCUT2D eigenvalue weighted by Gasteiger charge is -2.27. The van der Waals surface area contributed by atoms with E-state index in [2.05, 4.69) is 4.98 Å². The van der Waals surface area contributed by atoms with E-state index in [9.17, 15) is 26.7 Å². The average Bonchev–Trinajstić information content (AvgIpc) is 2.92. The summed E-state index contributed by atoms with van der Waals surface area (Å²) in [5.74, 6) is 0.438. The summed E-state index contributed by atoms with van der Waals surface area (Å²) in [6, 6.07) is 6.81. The Balaban J connectivity index is 2.09. The van der Waals surface area contributed by atoms with E-state index in [1.165, 1.54) is 24.3 Å².